The molecule has 0 unspecified atom stereocenters. The van der Waals surface area contributed by atoms with Crippen LogP contribution in [0.5, 0.6) is 0 Å². The summed E-state index contributed by atoms with van der Waals surface area (Å²) >= 11 is 6.02. The summed E-state index contributed by atoms with van der Waals surface area (Å²) in [5.41, 5.74) is 1.25. The summed E-state index contributed by atoms with van der Waals surface area (Å²) in [6.45, 7) is 0. The Balaban J connectivity index is 2.46. The molecule has 2 heterocycles. The summed E-state index contributed by atoms with van der Waals surface area (Å²) < 4.78 is 2.11. The SMILES string of the molecule is SCc1sccc1-n1cccc1. The monoisotopic (exact) mass is 195 g/mol. The van der Waals surface area contributed by atoms with Gasteiger partial charge in [-0.25, -0.2) is 0 Å². The molecule has 0 spiro atoms. The highest BCUT2D eigenvalue weighted by atomic mass is 32.1. The molecule has 62 valence electrons. The minimum atomic E-state index is 0.811. The second kappa shape index (κ2) is 3.37. The molecular formula is C9H9NS2. The van der Waals surface area contributed by atoms with Crippen molar-refractivity contribution in [3.63, 3.8) is 0 Å². The Morgan fingerprint density at radius 1 is 1.33 bits per heavy atom. The standard InChI is InChI=1S/C9H9NS2/c11-7-9-8(3-6-12-9)10-4-1-2-5-10/h1-6,11H,7H2. The molecule has 0 bridgehead atoms. The summed E-state index contributed by atoms with van der Waals surface area (Å²) in [6, 6.07) is 6.18. The van der Waals surface area contributed by atoms with Crippen molar-refractivity contribution in [2.24, 2.45) is 0 Å². The minimum absolute atomic E-state index is 0.811. The smallest absolute Gasteiger partial charge is 0.0596 e. The fourth-order valence-corrected chi connectivity index (χ4v) is 2.29. The van der Waals surface area contributed by atoms with E-state index in [2.05, 4.69) is 41.0 Å². The summed E-state index contributed by atoms with van der Waals surface area (Å²) in [6.07, 6.45) is 4.10. The second-order valence-corrected chi connectivity index (χ2v) is 3.79. The summed E-state index contributed by atoms with van der Waals surface area (Å²) in [7, 11) is 0. The second-order valence-electron chi connectivity index (χ2n) is 2.48. The quantitative estimate of drug-likeness (QED) is 0.703. The number of thiophene rings is 1. The zero-order valence-electron chi connectivity index (χ0n) is 6.47. The van der Waals surface area contributed by atoms with Gasteiger partial charge < -0.3 is 4.57 Å². The van der Waals surface area contributed by atoms with Crippen LogP contribution >= 0.6 is 24.0 Å². The van der Waals surface area contributed by atoms with Crippen molar-refractivity contribution in [2.45, 2.75) is 5.75 Å². The van der Waals surface area contributed by atoms with Gasteiger partial charge in [-0.1, -0.05) is 0 Å². The van der Waals surface area contributed by atoms with Gasteiger partial charge >= 0.3 is 0 Å². The number of hydrogen-bond donors (Lipinski definition) is 1. The molecule has 1 nitrogen and oxygen atoms in total. The zero-order valence-corrected chi connectivity index (χ0v) is 8.18. The Morgan fingerprint density at radius 3 is 2.75 bits per heavy atom. The predicted molar refractivity (Wildman–Crippen MR) is 56.3 cm³/mol. The third-order valence-corrected chi connectivity index (χ3v) is 3.19. The maximum absolute atomic E-state index is 4.27. The maximum Gasteiger partial charge on any atom is 0.0596 e. The zero-order chi connectivity index (χ0) is 8.39. The highest BCUT2D eigenvalue weighted by Gasteiger charge is 2.02. The van der Waals surface area contributed by atoms with E-state index in [1.165, 1.54) is 10.6 Å². The fraction of sp³-hybridized carbons (Fsp3) is 0.111. The molecule has 0 aliphatic rings. The third kappa shape index (κ3) is 1.30. The number of aromatic nitrogens is 1. The van der Waals surface area contributed by atoms with Gasteiger partial charge in [-0.15, -0.1) is 11.3 Å². The number of rotatable bonds is 2. The summed E-state index contributed by atoms with van der Waals surface area (Å²) in [4.78, 5) is 1.31. The lowest BCUT2D eigenvalue weighted by Gasteiger charge is -2.01. The molecular weight excluding hydrogens is 186 g/mol. The van der Waals surface area contributed by atoms with Crippen molar-refractivity contribution in [1.29, 1.82) is 0 Å². The fourth-order valence-electron chi connectivity index (χ4n) is 1.18. The van der Waals surface area contributed by atoms with Gasteiger partial charge in [0.15, 0.2) is 0 Å². The largest absolute Gasteiger partial charge is 0.323 e. The van der Waals surface area contributed by atoms with Crippen molar-refractivity contribution in [3.8, 4) is 5.69 Å². The van der Waals surface area contributed by atoms with E-state index in [1.807, 2.05) is 12.1 Å². The van der Waals surface area contributed by atoms with E-state index in [0.717, 1.165) is 5.75 Å². The van der Waals surface area contributed by atoms with Crippen molar-refractivity contribution in [1.82, 2.24) is 4.57 Å². The molecule has 0 saturated heterocycles. The Kier molecular flexibility index (Phi) is 2.23. The molecule has 0 aromatic carbocycles. The average Bonchev–Trinajstić information content (AvgIpc) is 2.74. The van der Waals surface area contributed by atoms with E-state index >= 15 is 0 Å². The first-order chi connectivity index (χ1) is 5.92. The van der Waals surface area contributed by atoms with E-state index in [9.17, 15) is 0 Å². The Labute approximate surface area is 81.1 Å². The van der Waals surface area contributed by atoms with E-state index in [4.69, 9.17) is 0 Å². The van der Waals surface area contributed by atoms with Gasteiger partial charge in [0, 0.05) is 23.0 Å². The van der Waals surface area contributed by atoms with E-state index in [0.29, 0.717) is 0 Å². The van der Waals surface area contributed by atoms with Crippen LogP contribution in [-0.2, 0) is 5.75 Å². The minimum Gasteiger partial charge on any atom is -0.323 e. The molecule has 0 amide bonds. The van der Waals surface area contributed by atoms with E-state index in [-0.39, 0.29) is 0 Å². The van der Waals surface area contributed by atoms with Crippen LogP contribution in [-0.4, -0.2) is 4.57 Å². The van der Waals surface area contributed by atoms with Crippen LogP contribution in [0.4, 0.5) is 0 Å². The first-order valence-corrected chi connectivity index (χ1v) is 5.23. The molecule has 2 aromatic rings. The van der Waals surface area contributed by atoms with Crippen molar-refractivity contribution in [3.05, 3.63) is 40.8 Å². The van der Waals surface area contributed by atoms with Gasteiger partial charge in [0.05, 0.1) is 5.69 Å². The Morgan fingerprint density at radius 2 is 2.08 bits per heavy atom. The van der Waals surface area contributed by atoms with Crippen molar-refractivity contribution < 1.29 is 0 Å². The van der Waals surface area contributed by atoms with Crippen LogP contribution < -0.4 is 0 Å². The van der Waals surface area contributed by atoms with Gasteiger partial charge in [0.2, 0.25) is 0 Å². The lowest BCUT2D eigenvalue weighted by molar-refractivity contribution is 1.07. The summed E-state index contributed by atoms with van der Waals surface area (Å²) in [5.74, 6) is 0.811. The lowest BCUT2D eigenvalue weighted by Crippen LogP contribution is -1.89. The number of hydrogen-bond acceptors (Lipinski definition) is 2. The Hall–Kier alpha value is -0.670. The van der Waals surface area contributed by atoms with Crippen molar-refractivity contribution in [2.75, 3.05) is 0 Å². The lowest BCUT2D eigenvalue weighted by atomic mass is 10.4. The third-order valence-electron chi connectivity index (χ3n) is 1.75. The van der Waals surface area contributed by atoms with Gasteiger partial charge in [-0.05, 0) is 23.6 Å². The molecule has 0 radical (unpaired) electrons. The van der Waals surface area contributed by atoms with Gasteiger partial charge in [0.25, 0.3) is 0 Å². The molecule has 0 aliphatic carbocycles. The van der Waals surface area contributed by atoms with Gasteiger partial charge in [0.1, 0.15) is 0 Å². The average molecular weight is 195 g/mol. The molecule has 0 atom stereocenters. The van der Waals surface area contributed by atoms with Crippen molar-refractivity contribution >= 4 is 24.0 Å². The van der Waals surface area contributed by atoms with Gasteiger partial charge in [-0.2, -0.15) is 12.6 Å². The topological polar surface area (TPSA) is 4.93 Å². The first kappa shape index (κ1) is 7.95. The Bertz CT molecular complexity index is 348. The molecule has 0 fully saturated rings. The van der Waals surface area contributed by atoms with E-state index < -0.39 is 0 Å². The molecule has 2 rings (SSSR count). The highest BCUT2D eigenvalue weighted by Crippen LogP contribution is 2.22. The molecule has 0 aliphatic heterocycles. The number of thiol groups is 1. The molecule has 3 heteroatoms. The number of nitrogens with zero attached hydrogens (tertiary/aromatic N) is 1. The first-order valence-electron chi connectivity index (χ1n) is 3.72. The van der Waals surface area contributed by atoms with Crippen LogP contribution in [0.15, 0.2) is 36.0 Å². The van der Waals surface area contributed by atoms with E-state index in [1.54, 1.807) is 11.3 Å². The van der Waals surface area contributed by atoms with Crippen LogP contribution in [0.25, 0.3) is 5.69 Å². The summed E-state index contributed by atoms with van der Waals surface area (Å²) in [5, 5.41) is 2.10. The maximum atomic E-state index is 4.27. The molecule has 12 heavy (non-hydrogen) atoms. The highest BCUT2D eigenvalue weighted by molar-refractivity contribution is 7.79. The van der Waals surface area contributed by atoms with Crippen LogP contribution in [0.3, 0.4) is 0 Å². The molecule has 2 aromatic heterocycles. The van der Waals surface area contributed by atoms with Gasteiger partial charge in [-0.3, -0.25) is 0 Å². The predicted octanol–water partition coefficient (Wildman–Crippen LogP) is 2.97. The molecule has 0 N–H and O–H groups in total. The molecule has 0 saturated carbocycles. The van der Waals surface area contributed by atoms with Crippen LogP contribution in [0.1, 0.15) is 4.88 Å². The normalized spacial score (nSPS) is 10.4. The van der Waals surface area contributed by atoms with Crippen LogP contribution in [0, 0.1) is 0 Å². The van der Waals surface area contributed by atoms with Crippen LogP contribution in [0.2, 0.25) is 0 Å².